The third kappa shape index (κ3) is 3.25. The molecule has 7 N–H and O–H groups in total. The van der Waals surface area contributed by atoms with Crippen LogP contribution in [0.2, 0.25) is 0 Å². The van der Waals surface area contributed by atoms with Crippen LogP contribution >= 0.6 is 0 Å². The number of carbonyl (C=O) groups excluding carboxylic acids is 2. The first kappa shape index (κ1) is 13.6. The van der Waals surface area contributed by atoms with E-state index in [1.807, 2.05) is 0 Å². The van der Waals surface area contributed by atoms with Gasteiger partial charge in [-0.25, -0.2) is 5.48 Å². The van der Waals surface area contributed by atoms with Crippen molar-refractivity contribution in [3.63, 3.8) is 0 Å². The van der Waals surface area contributed by atoms with Gasteiger partial charge in [0.05, 0.1) is 13.0 Å². The number of phenolic OH excluding ortho intramolecular Hbond substituents is 2. The first-order valence-electron chi connectivity index (χ1n) is 4.94. The summed E-state index contributed by atoms with van der Waals surface area (Å²) >= 11 is 0. The van der Waals surface area contributed by atoms with Gasteiger partial charge in [0.15, 0.2) is 0 Å². The van der Waals surface area contributed by atoms with E-state index in [1.54, 1.807) is 0 Å². The Bertz CT molecular complexity index is 475. The standard InChI is InChI=1S/C10H13N3O5/c11-9-6(14)2-1-5(10(9)17)3-7(15)12-4-8(16)13-18/h1-2,14,17-18H,3-4,11H2,(H,12,15)(H,13,16). The van der Waals surface area contributed by atoms with Crippen LogP contribution in [0.3, 0.4) is 0 Å². The first-order valence-corrected chi connectivity index (χ1v) is 4.94. The summed E-state index contributed by atoms with van der Waals surface area (Å²) in [5.41, 5.74) is 6.73. The topological polar surface area (TPSA) is 145 Å². The second-order valence-corrected chi connectivity index (χ2v) is 3.49. The molecule has 0 aromatic heterocycles. The van der Waals surface area contributed by atoms with Gasteiger partial charge >= 0.3 is 0 Å². The molecule has 0 unspecified atom stereocenters. The Hall–Kier alpha value is -2.48. The quantitative estimate of drug-likeness (QED) is 0.173. The highest BCUT2D eigenvalue weighted by Crippen LogP contribution is 2.33. The molecule has 1 aromatic carbocycles. The molecule has 8 heteroatoms. The monoisotopic (exact) mass is 255 g/mol. The fourth-order valence-electron chi connectivity index (χ4n) is 1.24. The van der Waals surface area contributed by atoms with E-state index in [0.29, 0.717) is 0 Å². The van der Waals surface area contributed by atoms with Crippen LogP contribution in [0.25, 0.3) is 0 Å². The van der Waals surface area contributed by atoms with Gasteiger partial charge in [-0.1, -0.05) is 6.07 Å². The van der Waals surface area contributed by atoms with Crippen molar-refractivity contribution in [2.45, 2.75) is 6.42 Å². The number of nitrogens with two attached hydrogens (primary N) is 1. The Morgan fingerprint density at radius 1 is 1.22 bits per heavy atom. The molecule has 1 aromatic rings. The van der Waals surface area contributed by atoms with Gasteiger partial charge in [0.2, 0.25) is 5.91 Å². The number of amides is 2. The Kier molecular flexibility index (Phi) is 4.33. The summed E-state index contributed by atoms with van der Waals surface area (Å²) in [7, 11) is 0. The summed E-state index contributed by atoms with van der Waals surface area (Å²) < 4.78 is 0. The molecule has 2 amide bonds. The maximum Gasteiger partial charge on any atom is 0.262 e. The van der Waals surface area contributed by atoms with Crippen molar-refractivity contribution in [3.05, 3.63) is 17.7 Å². The number of anilines is 1. The second kappa shape index (κ2) is 5.73. The maximum absolute atomic E-state index is 11.4. The Morgan fingerprint density at radius 3 is 2.50 bits per heavy atom. The number of nitrogens with one attached hydrogen (secondary N) is 2. The minimum Gasteiger partial charge on any atom is -0.506 e. The molecule has 0 aliphatic heterocycles. The minimum atomic E-state index is -0.766. The predicted molar refractivity (Wildman–Crippen MR) is 60.8 cm³/mol. The molecule has 0 aliphatic carbocycles. The summed E-state index contributed by atoms with van der Waals surface area (Å²) in [5, 5.41) is 29.2. The minimum absolute atomic E-state index is 0.213. The van der Waals surface area contributed by atoms with Crippen LogP contribution in [0.15, 0.2) is 12.1 Å². The fraction of sp³-hybridized carbons (Fsp3) is 0.200. The molecular weight excluding hydrogens is 242 g/mol. The summed E-state index contributed by atoms with van der Waals surface area (Å²) in [6.45, 7) is -0.385. The number of hydrogen-bond donors (Lipinski definition) is 6. The molecule has 0 bridgehead atoms. The summed E-state index contributed by atoms with van der Waals surface area (Å²) in [5.74, 6) is -1.97. The predicted octanol–water partition coefficient (Wildman–Crippen LogP) is -1.16. The van der Waals surface area contributed by atoms with Gasteiger partial charge in [-0.2, -0.15) is 0 Å². The highest BCUT2D eigenvalue weighted by molar-refractivity contribution is 5.86. The van der Waals surface area contributed by atoms with E-state index < -0.39 is 11.8 Å². The Morgan fingerprint density at radius 2 is 1.89 bits per heavy atom. The van der Waals surface area contributed by atoms with Crippen molar-refractivity contribution in [1.82, 2.24) is 10.8 Å². The number of rotatable bonds is 4. The summed E-state index contributed by atoms with van der Waals surface area (Å²) in [4.78, 5) is 22.1. The average Bonchev–Trinajstić information content (AvgIpc) is 2.36. The van der Waals surface area contributed by atoms with Crippen molar-refractivity contribution in [3.8, 4) is 11.5 Å². The van der Waals surface area contributed by atoms with Crippen LogP contribution < -0.4 is 16.5 Å². The van der Waals surface area contributed by atoms with E-state index in [0.717, 1.165) is 0 Å². The fourth-order valence-corrected chi connectivity index (χ4v) is 1.24. The van der Waals surface area contributed by atoms with Crippen LogP contribution in [0, 0.1) is 0 Å². The third-order valence-electron chi connectivity index (χ3n) is 2.20. The lowest BCUT2D eigenvalue weighted by atomic mass is 10.1. The molecule has 0 saturated heterocycles. The van der Waals surface area contributed by atoms with Crippen molar-refractivity contribution in [2.75, 3.05) is 12.3 Å². The third-order valence-corrected chi connectivity index (χ3v) is 2.20. The van der Waals surface area contributed by atoms with E-state index in [4.69, 9.17) is 10.9 Å². The van der Waals surface area contributed by atoms with Crippen molar-refractivity contribution < 1.29 is 25.0 Å². The number of aromatic hydroxyl groups is 2. The Balaban J connectivity index is 2.65. The molecule has 98 valence electrons. The molecule has 0 heterocycles. The number of hydroxylamine groups is 1. The van der Waals surface area contributed by atoms with E-state index in [2.05, 4.69) is 5.32 Å². The highest BCUT2D eigenvalue weighted by Gasteiger charge is 2.13. The van der Waals surface area contributed by atoms with E-state index >= 15 is 0 Å². The second-order valence-electron chi connectivity index (χ2n) is 3.49. The molecule has 1 rings (SSSR count). The van der Waals surface area contributed by atoms with Crippen LogP contribution in [-0.2, 0) is 16.0 Å². The average molecular weight is 255 g/mol. The molecule has 0 spiro atoms. The number of nitrogen functional groups attached to an aromatic ring is 1. The summed E-state index contributed by atoms with van der Waals surface area (Å²) in [6, 6.07) is 2.59. The van der Waals surface area contributed by atoms with Gasteiger partial charge < -0.3 is 21.3 Å². The lowest BCUT2D eigenvalue weighted by molar-refractivity contribution is -0.131. The smallest absolute Gasteiger partial charge is 0.262 e. The number of hydrogen-bond acceptors (Lipinski definition) is 6. The number of phenols is 2. The van der Waals surface area contributed by atoms with Gasteiger partial charge in [-0.05, 0) is 6.07 Å². The molecule has 0 saturated carbocycles. The van der Waals surface area contributed by atoms with Gasteiger partial charge in [0.25, 0.3) is 5.91 Å². The molecule has 0 atom stereocenters. The Labute approximate surface area is 102 Å². The number of carbonyl (C=O) groups is 2. The molecule has 8 nitrogen and oxygen atoms in total. The first-order chi connectivity index (χ1) is 8.45. The van der Waals surface area contributed by atoms with Crippen molar-refractivity contribution in [1.29, 1.82) is 0 Å². The lowest BCUT2D eigenvalue weighted by Gasteiger charge is -2.08. The van der Waals surface area contributed by atoms with Gasteiger partial charge in [0, 0.05) is 5.56 Å². The molecule has 0 fully saturated rings. The summed E-state index contributed by atoms with van der Waals surface area (Å²) in [6.07, 6.45) is -0.213. The van der Waals surface area contributed by atoms with E-state index in [1.165, 1.54) is 17.6 Å². The van der Waals surface area contributed by atoms with E-state index in [-0.39, 0.29) is 35.7 Å². The van der Waals surface area contributed by atoms with Crippen LogP contribution in [0.5, 0.6) is 11.5 Å². The highest BCUT2D eigenvalue weighted by atomic mass is 16.5. The van der Waals surface area contributed by atoms with Crippen molar-refractivity contribution >= 4 is 17.5 Å². The molecule has 18 heavy (non-hydrogen) atoms. The SMILES string of the molecule is Nc1c(O)ccc(CC(=O)NCC(=O)NO)c1O. The lowest BCUT2D eigenvalue weighted by Crippen LogP contribution is -2.36. The maximum atomic E-state index is 11.4. The van der Waals surface area contributed by atoms with E-state index in [9.17, 15) is 19.8 Å². The zero-order valence-electron chi connectivity index (χ0n) is 9.30. The number of benzene rings is 1. The zero-order valence-corrected chi connectivity index (χ0v) is 9.30. The van der Waals surface area contributed by atoms with Gasteiger partial charge in [-0.3, -0.25) is 14.8 Å². The molecule has 0 radical (unpaired) electrons. The van der Waals surface area contributed by atoms with Crippen LogP contribution in [-0.4, -0.2) is 33.8 Å². The normalized spacial score (nSPS) is 9.83. The largest absolute Gasteiger partial charge is 0.506 e. The van der Waals surface area contributed by atoms with Crippen LogP contribution in [0.1, 0.15) is 5.56 Å². The van der Waals surface area contributed by atoms with Crippen LogP contribution in [0.4, 0.5) is 5.69 Å². The molecular formula is C10H13N3O5. The zero-order chi connectivity index (χ0) is 13.7. The van der Waals surface area contributed by atoms with Gasteiger partial charge in [0.1, 0.15) is 17.2 Å². The van der Waals surface area contributed by atoms with Crippen molar-refractivity contribution in [2.24, 2.45) is 0 Å². The molecule has 0 aliphatic rings. The van der Waals surface area contributed by atoms with Gasteiger partial charge in [-0.15, -0.1) is 0 Å².